The quantitative estimate of drug-likeness (QED) is 0.816. The Balaban J connectivity index is 2.78. The maximum absolute atomic E-state index is 11.5. The molecule has 0 aliphatic rings. The zero-order chi connectivity index (χ0) is 9.84. The van der Waals surface area contributed by atoms with E-state index < -0.39 is 0 Å². The molecular weight excluding hydrogens is 232 g/mol. The minimum Gasteiger partial charge on any atom is -0.298 e. The number of aryl methyl sites for hydroxylation is 1. The molecule has 1 aromatic heterocycles. The topological polar surface area (TPSA) is 34.9 Å². The third kappa shape index (κ3) is 2.95. The molecule has 0 fully saturated rings. The number of hydrogen-bond donors (Lipinski definition) is 0. The van der Waals surface area contributed by atoms with Crippen LogP contribution >= 0.6 is 15.9 Å². The second-order valence-corrected chi connectivity index (χ2v) is 4.28. The molecule has 0 aliphatic heterocycles. The minimum absolute atomic E-state index is 0.00403. The molecule has 72 valence electrons. The van der Waals surface area contributed by atoms with E-state index in [0.29, 0.717) is 10.4 Å². The van der Waals surface area contributed by atoms with E-state index in [2.05, 4.69) is 34.8 Å². The van der Waals surface area contributed by atoms with Crippen LogP contribution in [-0.2, 0) is 6.54 Å². The first-order valence-electron chi connectivity index (χ1n) is 4.31. The highest BCUT2D eigenvalue weighted by molar-refractivity contribution is 9.10. The SMILES string of the molecule is CC(C)CCn1cncc(Br)c1=O. The maximum atomic E-state index is 11.5. The van der Waals surface area contributed by atoms with Crippen molar-refractivity contribution in [1.82, 2.24) is 9.55 Å². The van der Waals surface area contributed by atoms with Gasteiger partial charge in [0.25, 0.3) is 5.56 Å². The van der Waals surface area contributed by atoms with Gasteiger partial charge in [0.1, 0.15) is 4.47 Å². The molecule has 4 heteroatoms. The van der Waals surface area contributed by atoms with Gasteiger partial charge in [0.2, 0.25) is 0 Å². The highest BCUT2D eigenvalue weighted by atomic mass is 79.9. The Bertz CT molecular complexity index is 333. The van der Waals surface area contributed by atoms with Crippen LogP contribution in [0.5, 0.6) is 0 Å². The van der Waals surface area contributed by atoms with Gasteiger partial charge in [0, 0.05) is 12.7 Å². The number of aromatic nitrogens is 2. The second kappa shape index (κ2) is 4.56. The third-order valence-corrected chi connectivity index (χ3v) is 2.35. The number of halogens is 1. The molecule has 0 spiro atoms. The summed E-state index contributed by atoms with van der Waals surface area (Å²) in [5.74, 6) is 0.603. The van der Waals surface area contributed by atoms with E-state index in [1.165, 1.54) is 6.20 Å². The van der Waals surface area contributed by atoms with Crippen LogP contribution in [0, 0.1) is 5.92 Å². The van der Waals surface area contributed by atoms with Crippen molar-refractivity contribution in [2.75, 3.05) is 0 Å². The lowest BCUT2D eigenvalue weighted by Crippen LogP contribution is -2.21. The van der Waals surface area contributed by atoms with Gasteiger partial charge in [-0.15, -0.1) is 0 Å². The highest BCUT2D eigenvalue weighted by Crippen LogP contribution is 2.02. The van der Waals surface area contributed by atoms with Crippen LogP contribution in [0.2, 0.25) is 0 Å². The molecule has 0 bridgehead atoms. The van der Waals surface area contributed by atoms with E-state index in [9.17, 15) is 4.79 Å². The summed E-state index contributed by atoms with van der Waals surface area (Å²) in [7, 11) is 0. The van der Waals surface area contributed by atoms with Gasteiger partial charge < -0.3 is 0 Å². The van der Waals surface area contributed by atoms with E-state index in [4.69, 9.17) is 0 Å². The van der Waals surface area contributed by atoms with E-state index in [1.54, 1.807) is 10.9 Å². The zero-order valence-electron chi connectivity index (χ0n) is 7.83. The molecule has 1 aromatic rings. The molecule has 0 amide bonds. The van der Waals surface area contributed by atoms with Crippen molar-refractivity contribution >= 4 is 15.9 Å². The van der Waals surface area contributed by atoms with E-state index in [-0.39, 0.29) is 5.56 Å². The fraction of sp³-hybridized carbons (Fsp3) is 0.556. The number of rotatable bonds is 3. The number of nitrogens with zero attached hydrogens (tertiary/aromatic N) is 2. The Morgan fingerprint density at radius 3 is 2.92 bits per heavy atom. The van der Waals surface area contributed by atoms with Crippen LogP contribution in [-0.4, -0.2) is 9.55 Å². The van der Waals surface area contributed by atoms with E-state index in [1.807, 2.05) is 0 Å². The first-order valence-corrected chi connectivity index (χ1v) is 5.10. The molecule has 0 atom stereocenters. The third-order valence-electron chi connectivity index (χ3n) is 1.81. The van der Waals surface area contributed by atoms with Crippen LogP contribution in [0.1, 0.15) is 20.3 Å². The van der Waals surface area contributed by atoms with Crippen LogP contribution < -0.4 is 5.56 Å². The minimum atomic E-state index is -0.00403. The van der Waals surface area contributed by atoms with Crippen molar-refractivity contribution in [3.63, 3.8) is 0 Å². The molecule has 0 aliphatic carbocycles. The Kier molecular flexibility index (Phi) is 3.66. The van der Waals surface area contributed by atoms with Crippen molar-refractivity contribution in [3.05, 3.63) is 27.4 Å². The number of hydrogen-bond acceptors (Lipinski definition) is 2. The lowest BCUT2D eigenvalue weighted by molar-refractivity contribution is 0.503. The maximum Gasteiger partial charge on any atom is 0.267 e. The second-order valence-electron chi connectivity index (χ2n) is 3.42. The summed E-state index contributed by atoms with van der Waals surface area (Å²) < 4.78 is 2.16. The molecule has 0 saturated carbocycles. The predicted molar refractivity (Wildman–Crippen MR) is 55.7 cm³/mol. The molecule has 1 rings (SSSR count). The van der Waals surface area contributed by atoms with Crippen molar-refractivity contribution in [3.8, 4) is 0 Å². The van der Waals surface area contributed by atoms with Gasteiger partial charge in [-0.1, -0.05) is 13.8 Å². The monoisotopic (exact) mass is 244 g/mol. The van der Waals surface area contributed by atoms with Crippen LogP contribution in [0.3, 0.4) is 0 Å². The highest BCUT2D eigenvalue weighted by Gasteiger charge is 2.01. The van der Waals surface area contributed by atoms with Gasteiger partial charge in [0.15, 0.2) is 0 Å². The van der Waals surface area contributed by atoms with Crippen LogP contribution in [0.4, 0.5) is 0 Å². The Morgan fingerprint density at radius 2 is 2.31 bits per heavy atom. The normalized spacial score (nSPS) is 10.8. The molecule has 1 heterocycles. The summed E-state index contributed by atoms with van der Waals surface area (Å²) in [4.78, 5) is 15.4. The Labute approximate surface area is 85.9 Å². The lowest BCUT2D eigenvalue weighted by Gasteiger charge is -2.06. The molecule has 0 radical (unpaired) electrons. The molecule has 3 nitrogen and oxygen atoms in total. The van der Waals surface area contributed by atoms with Gasteiger partial charge >= 0.3 is 0 Å². The van der Waals surface area contributed by atoms with Crippen molar-refractivity contribution in [1.29, 1.82) is 0 Å². The van der Waals surface area contributed by atoms with Gasteiger partial charge in [-0.2, -0.15) is 0 Å². The summed E-state index contributed by atoms with van der Waals surface area (Å²) in [6.07, 6.45) is 4.10. The van der Waals surface area contributed by atoms with Gasteiger partial charge in [0.05, 0.1) is 6.33 Å². The average Bonchev–Trinajstić information content (AvgIpc) is 2.07. The lowest BCUT2D eigenvalue weighted by atomic mass is 10.1. The summed E-state index contributed by atoms with van der Waals surface area (Å²) in [6, 6.07) is 0. The Morgan fingerprint density at radius 1 is 1.62 bits per heavy atom. The first kappa shape index (κ1) is 10.4. The van der Waals surface area contributed by atoms with Crippen LogP contribution in [0.15, 0.2) is 21.8 Å². The molecule has 13 heavy (non-hydrogen) atoms. The molecule has 0 saturated heterocycles. The van der Waals surface area contributed by atoms with E-state index in [0.717, 1.165) is 13.0 Å². The summed E-state index contributed by atoms with van der Waals surface area (Å²) in [5, 5.41) is 0. The van der Waals surface area contributed by atoms with Crippen molar-refractivity contribution in [2.24, 2.45) is 5.92 Å². The summed E-state index contributed by atoms with van der Waals surface area (Å²) in [5.41, 5.74) is -0.00403. The molecule has 0 aromatic carbocycles. The fourth-order valence-corrected chi connectivity index (χ4v) is 1.33. The summed E-state index contributed by atoms with van der Waals surface area (Å²) >= 11 is 3.16. The predicted octanol–water partition coefficient (Wildman–Crippen LogP) is 2.05. The zero-order valence-corrected chi connectivity index (χ0v) is 9.41. The van der Waals surface area contributed by atoms with Gasteiger partial charge in [-0.3, -0.25) is 9.36 Å². The largest absolute Gasteiger partial charge is 0.298 e. The smallest absolute Gasteiger partial charge is 0.267 e. The Hall–Kier alpha value is -0.640. The van der Waals surface area contributed by atoms with Crippen LogP contribution in [0.25, 0.3) is 0 Å². The standard InChI is InChI=1S/C9H13BrN2O/c1-7(2)3-4-12-6-11-5-8(10)9(12)13/h5-7H,3-4H2,1-2H3. The average molecular weight is 245 g/mol. The van der Waals surface area contributed by atoms with Crippen molar-refractivity contribution in [2.45, 2.75) is 26.8 Å². The molecular formula is C9H13BrN2O. The fourth-order valence-electron chi connectivity index (χ4n) is 0.981. The summed E-state index contributed by atoms with van der Waals surface area (Å²) in [6.45, 7) is 5.01. The molecule has 0 N–H and O–H groups in total. The molecule has 0 unspecified atom stereocenters. The van der Waals surface area contributed by atoms with Crippen molar-refractivity contribution < 1.29 is 0 Å². The van der Waals surface area contributed by atoms with Gasteiger partial charge in [-0.05, 0) is 28.3 Å². The van der Waals surface area contributed by atoms with E-state index >= 15 is 0 Å². The first-order chi connectivity index (χ1) is 6.11. The van der Waals surface area contributed by atoms with Gasteiger partial charge in [-0.25, -0.2) is 4.98 Å².